The maximum atomic E-state index is 12.7. The highest BCUT2D eigenvalue weighted by Gasteiger charge is 2.39. The Kier molecular flexibility index (Phi) is 6.42. The zero-order chi connectivity index (χ0) is 20.4. The quantitative estimate of drug-likeness (QED) is 0.753. The van der Waals surface area contributed by atoms with E-state index in [1.807, 2.05) is 0 Å². The maximum Gasteiger partial charge on any atom is 0.411 e. The first kappa shape index (κ1) is 21.5. The summed E-state index contributed by atoms with van der Waals surface area (Å²) in [6, 6.07) is 6.04. The van der Waals surface area contributed by atoms with Crippen LogP contribution in [-0.2, 0) is 19.4 Å². The van der Waals surface area contributed by atoms with Gasteiger partial charge in [0.15, 0.2) is 9.84 Å². The van der Waals surface area contributed by atoms with E-state index in [4.69, 9.17) is 16.3 Å². The van der Waals surface area contributed by atoms with Crippen LogP contribution in [0.3, 0.4) is 0 Å². The molecule has 1 fully saturated rings. The monoisotopic (exact) mass is 416 g/mol. The number of sulfone groups is 1. The molecule has 0 aliphatic carbocycles. The van der Waals surface area contributed by atoms with Gasteiger partial charge in [-0.3, -0.25) is 9.69 Å². The standard InChI is InChI=1S/C18H25ClN2O5S/c1-5-27(24,25)12-15-10-20(14-8-6-7-13(19)9-14)16(22)11-21(15)17(23)26-18(2,3)4/h6-9,15H,5,10-12H2,1-4H3/t15-/m1/s1. The van der Waals surface area contributed by atoms with Gasteiger partial charge in [0.2, 0.25) is 5.91 Å². The van der Waals surface area contributed by atoms with Crippen LogP contribution in [-0.4, -0.2) is 61.6 Å². The summed E-state index contributed by atoms with van der Waals surface area (Å²) in [5.74, 6) is -0.614. The van der Waals surface area contributed by atoms with Crippen molar-refractivity contribution >= 4 is 39.1 Å². The predicted octanol–water partition coefficient (Wildman–Crippen LogP) is 2.73. The molecule has 0 aromatic heterocycles. The van der Waals surface area contributed by atoms with Crippen LogP contribution in [0.4, 0.5) is 10.5 Å². The lowest BCUT2D eigenvalue weighted by Crippen LogP contribution is -2.60. The molecule has 1 heterocycles. The Balaban J connectivity index is 2.33. The summed E-state index contributed by atoms with van der Waals surface area (Å²) in [6.45, 7) is 6.49. The normalized spacial score (nSPS) is 18.6. The number of rotatable bonds is 4. The number of amides is 2. The van der Waals surface area contributed by atoms with Gasteiger partial charge in [-0.05, 0) is 39.0 Å². The van der Waals surface area contributed by atoms with Crippen LogP contribution < -0.4 is 4.90 Å². The molecule has 1 aliphatic heterocycles. The zero-order valence-corrected chi connectivity index (χ0v) is 17.5. The molecule has 1 atom stereocenters. The van der Waals surface area contributed by atoms with Crippen LogP contribution >= 0.6 is 11.6 Å². The Morgan fingerprint density at radius 2 is 2.00 bits per heavy atom. The van der Waals surface area contributed by atoms with E-state index in [0.717, 1.165) is 0 Å². The van der Waals surface area contributed by atoms with Gasteiger partial charge >= 0.3 is 6.09 Å². The third-order valence-corrected chi connectivity index (χ3v) is 6.08. The van der Waals surface area contributed by atoms with Gasteiger partial charge in [0.05, 0.1) is 11.8 Å². The summed E-state index contributed by atoms with van der Waals surface area (Å²) in [7, 11) is -3.37. The second-order valence-corrected chi connectivity index (χ2v) is 10.3. The van der Waals surface area contributed by atoms with Crippen LogP contribution in [0.1, 0.15) is 27.7 Å². The van der Waals surface area contributed by atoms with Gasteiger partial charge in [-0.2, -0.15) is 0 Å². The molecule has 7 nitrogen and oxygen atoms in total. The van der Waals surface area contributed by atoms with E-state index in [1.54, 1.807) is 52.0 Å². The fourth-order valence-corrected chi connectivity index (χ4v) is 4.04. The second-order valence-electron chi connectivity index (χ2n) is 7.45. The van der Waals surface area contributed by atoms with Gasteiger partial charge in [-0.25, -0.2) is 13.2 Å². The van der Waals surface area contributed by atoms with Crippen molar-refractivity contribution in [2.45, 2.75) is 39.3 Å². The van der Waals surface area contributed by atoms with E-state index in [2.05, 4.69) is 0 Å². The lowest BCUT2D eigenvalue weighted by Gasteiger charge is -2.41. The van der Waals surface area contributed by atoms with E-state index in [-0.39, 0.29) is 30.5 Å². The highest BCUT2D eigenvalue weighted by Crippen LogP contribution is 2.25. The summed E-state index contributed by atoms with van der Waals surface area (Å²) in [6.07, 6.45) is -0.696. The molecule has 1 aromatic carbocycles. The number of benzene rings is 1. The van der Waals surface area contributed by atoms with Crippen molar-refractivity contribution in [1.82, 2.24) is 4.90 Å². The topological polar surface area (TPSA) is 84.0 Å². The molecule has 2 rings (SSSR count). The number of ether oxygens (including phenoxy) is 1. The van der Waals surface area contributed by atoms with Crippen LogP contribution in [0.5, 0.6) is 0 Å². The minimum atomic E-state index is -3.37. The molecule has 2 amide bonds. The number of carbonyl (C=O) groups is 2. The van der Waals surface area contributed by atoms with E-state index < -0.39 is 27.6 Å². The van der Waals surface area contributed by atoms with Gasteiger partial charge < -0.3 is 9.64 Å². The van der Waals surface area contributed by atoms with Gasteiger partial charge in [0.1, 0.15) is 12.1 Å². The van der Waals surface area contributed by atoms with Crippen molar-refractivity contribution in [2.75, 3.05) is 29.5 Å². The third kappa shape index (κ3) is 5.84. The fraction of sp³-hybridized carbons (Fsp3) is 0.556. The predicted molar refractivity (Wildman–Crippen MR) is 105 cm³/mol. The molecule has 0 unspecified atom stereocenters. The molecule has 0 radical (unpaired) electrons. The molecular weight excluding hydrogens is 392 g/mol. The van der Waals surface area contributed by atoms with Crippen molar-refractivity contribution in [3.05, 3.63) is 29.3 Å². The number of hydrogen-bond donors (Lipinski definition) is 0. The zero-order valence-electron chi connectivity index (χ0n) is 15.9. The van der Waals surface area contributed by atoms with E-state index in [9.17, 15) is 18.0 Å². The Hall–Kier alpha value is -1.80. The summed E-state index contributed by atoms with van der Waals surface area (Å²) in [5.41, 5.74) is -0.187. The minimum absolute atomic E-state index is 0.0449. The van der Waals surface area contributed by atoms with Crippen LogP contribution in [0.25, 0.3) is 0 Å². The van der Waals surface area contributed by atoms with E-state index in [0.29, 0.717) is 10.7 Å². The molecule has 150 valence electrons. The van der Waals surface area contributed by atoms with Crippen molar-refractivity contribution < 1.29 is 22.7 Å². The largest absolute Gasteiger partial charge is 0.444 e. The summed E-state index contributed by atoms with van der Waals surface area (Å²) in [4.78, 5) is 27.9. The SMILES string of the molecule is CCS(=O)(=O)C[C@H]1CN(c2cccc(Cl)c2)C(=O)CN1C(=O)OC(C)(C)C. The smallest absolute Gasteiger partial charge is 0.411 e. The van der Waals surface area contributed by atoms with E-state index >= 15 is 0 Å². The fourth-order valence-electron chi connectivity index (χ4n) is 2.75. The highest BCUT2D eigenvalue weighted by atomic mass is 35.5. The Morgan fingerprint density at radius 3 is 2.56 bits per heavy atom. The molecular formula is C18H25ClN2O5S. The number of hydrogen-bond acceptors (Lipinski definition) is 5. The average Bonchev–Trinajstić information content (AvgIpc) is 2.54. The number of piperazine rings is 1. The molecule has 0 bridgehead atoms. The summed E-state index contributed by atoms with van der Waals surface area (Å²) >= 11 is 6.01. The molecule has 27 heavy (non-hydrogen) atoms. The molecule has 0 saturated carbocycles. The van der Waals surface area contributed by atoms with Crippen molar-refractivity contribution in [3.8, 4) is 0 Å². The van der Waals surface area contributed by atoms with Crippen molar-refractivity contribution in [2.24, 2.45) is 0 Å². The number of halogens is 1. The van der Waals surface area contributed by atoms with Gasteiger partial charge in [-0.15, -0.1) is 0 Å². The second kappa shape index (κ2) is 8.06. The summed E-state index contributed by atoms with van der Waals surface area (Å²) in [5, 5.41) is 0.465. The van der Waals surface area contributed by atoms with Crippen LogP contribution in [0.15, 0.2) is 24.3 Å². The first-order valence-electron chi connectivity index (χ1n) is 8.68. The molecule has 1 aromatic rings. The number of nitrogens with zero attached hydrogens (tertiary/aromatic N) is 2. The molecule has 0 N–H and O–H groups in total. The molecule has 1 aliphatic rings. The van der Waals surface area contributed by atoms with Crippen LogP contribution in [0, 0.1) is 0 Å². The first-order chi connectivity index (χ1) is 12.4. The first-order valence-corrected chi connectivity index (χ1v) is 10.9. The Bertz CT molecular complexity index is 819. The Morgan fingerprint density at radius 1 is 1.33 bits per heavy atom. The summed E-state index contributed by atoms with van der Waals surface area (Å²) < 4.78 is 29.8. The lowest BCUT2D eigenvalue weighted by atomic mass is 10.1. The molecule has 0 spiro atoms. The van der Waals surface area contributed by atoms with Gasteiger partial charge in [0.25, 0.3) is 0 Å². The highest BCUT2D eigenvalue weighted by molar-refractivity contribution is 7.91. The lowest BCUT2D eigenvalue weighted by molar-refractivity contribution is -0.122. The van der Waals surface area contributed by atoms with E-state index in [1.165, 1.54) is 9.80 Å². The van der Waals surface area contributed by atoms with Gasteiger partial charge in [0, 0.05) is 23.0 Å². The molecule has 1 saturated heterocycles. The van der Waals surface area contributed by atoms with Crippen molar-refractivity contribution in [3.63, 3.8) is 0 Å². The Labute approximate surface area is 165 Å². The maximum absolute atomic E-state index is 12.7. The molecule has 9 heteroatoms. The van der Waals surface area contributed by atoms with Gasteiger partial charge in [-0.1, -0.05) is 24.6 Å². The number of carbonyl (C=O) groups excluding carboxylic acids is 2. The van der Waals surface area contributed by atoms with Crippen LogP contribution in [0.2, 0.25) is 5.02 Å². The minimum Gasteiger partial charge on any atom is -0.444 e. The van der Waals surface area contributed by atoms with Crippen molar-refractivity contribution in [1.29, 1.82) is 0 Å². The third-order valence-electron chi connectivity index (χ3n) is 4.07. The number of anilines is 1. The average molecular weight is 417 g/mol.